The molecule has 0 spiro atoms. The summed E-state index contributed by atoms with van der Waals surface area (Å²) in [5.41, 5.74) is 2.57. The van der Waals surface area contributed by atoms with Gasteiger partial charge in [-0.15, -0.1) is 11.3 Å². The standard InChI is InChI=1S/C20H17N3O2S/c1-3-15-16(12-6-4-8-14(10-12)25-2)17-19(24)22-18(23-20(17)26-15)13-7-5-9-21-11-13/h4-11H,3H2,1-2H3,(H,22,23,24). The molecule has 4 aromatic rings. The Kier molecular flexibility index (Phi) is 4.26. The zero-order valence-electron chi connectivity index (χ0n) is 14.4. The first-order chi connectivity index (χ1) is 12.7. The van der Waals surface area contributed by atoms with Crippen LogP contribution in [0.5, 0.6) is 5.75 Å². The maximum atomic E-state index is 12.9. The molecule has 0 saturated carbocycles. The number of hydrogen-bond acceptors (Lipinski definition) is 5. The van der Waals surface area contributed by atoms with Gasteiger partial charge in [-0.1, -0.05) is 19.1 Å². The van der Waals surface area contributed by atoms with Gasteiger partial charge >= 0.3 is 0 Å². The zero-order chi connectivity index (χ0) is 18.1. The van der Waals surface area contributed by atoms with Crippen LogP contribution in [-0.2, 0) is 6.42 Å². The van der Waals surface area contributed by atoms with Gasteiger partial charge < -0.3 is 9.72 Å². The van der Waals surface area contributed by atoms with Gasteiger partial charge in [0.25, 0.3) is 5.56 Å². The Hall–Kier alpha value is -2.99. The van der Waals surface area contributed by atoms with Crippen molar-refractivity contribution in [1.82, 2.24) is 15.0 Å². The minimum Gasteiger partial charge on any atom is -0.497 e. The van der Waals surface area contributed by atoms with Crippen LogP contribution in [0.2, 0.25) is 0 Å². The lowest BCUT2D eigenvalue weighted by atomic mass is 10.0. The van der Waals surface area contributed by atoms with Crippen LogP contribution in [-0.4, -0.2) is 22.1 Å². The number of pyridine rings is 1. The lowest BCUT2D eigenvalue weighted by molar-refractivity contribution is 0.415. The van der Waals surface area contributed by atoms with Crippen molar-refractivity contribution in [1.29, 1.82) is 0 Å². The van der Waals surface area contributed by atoms with E-state index in [0.29, 0.717) is 11.2 Å². The third kappa shape index (κ3) is 2.78. The number of ether oxygens (including phenoxy) is 1. The van der Waals surface area contributed by atoms with E-state index in [1.54, 1.807) is 30.8 Å². The first-order valence-corrected chi connectivity index (χ1v) is 9.13. The zero-order valence-corrected chi connectivity index (χ0v) is 15.3. The monoisotopic (exact) mass is 363 g/mol. The Bertz CT molecular complexity index is 1130. The molecular weight excluding hydrogens is 346 g/mol. The highest BCUT2D eigenvalue weighted by Gasteiger charge is 2.18. The van der Waals surface area contributed by atoms with E-state index >= 15 is 0 Å². The number of nitrogens with zero attached hydrogens (tertiary/aromatic N) is 2. The minimum absolute atomic E-state index is 0.136. The van der Waals surface area contributed by atoms with E-state index < -0.39 is 0 Å². The highest BCUT2D eigenvalue weighted by molar-refractivity contribution is 7.19. The molecule has 0 aliphatic rings. The quantitative estimate of drug-likeness (QED) is 0.587. The normalized spacial score (nSPS) is 11.0. The summed E-state index contributed by atoms with van der Waals surface area (Å²) in [6, 6.07) is 11.5. The van der Waals surface area contributed by atoms with Crippen molar-refractivity contribution in [3.8, 4) is 28.3 Å². The van der Waals surface area contributed by atoms with Crippen molar-refractivity contribution in [3.05, 3.63) is 64.0 Å². The molecule has 0 radical (unpaired) electrons. The molecule has 1 aromatic carbocycles. The summed E-state index contributed by atoms with van der Waals surface area (Å²) in [5, 5.41) is 0.632. The molecule has 3 aromatic heterocycles. The maximum Gasteiger partial charge on any atom is 0.260 e. The lowest BCUT2D eigenvalue weighted by Gasteiger charge is -2.06. The molecule has 130 valence electrons. The summed E-state index contributed by atoms with van der Waals surface area (Å²) in [6.07, 6.45) is 4.22. The van der Waals surface area contributed by atoms with Crippen molar-refractivity contribution in [3.63, 3.8) is 0 Å². The van der Waals surface area contributed by atoms with Gasteiger partial charge in [-0.2, -0.15) is 0 Å². The summed E-state index contributed by atoms with van der Waals surface area (Å²) < 4.78 is 5.34. The molecule has 6 heteroatoms. The summed E-state index contributed by atoms with van der Waals surface area (Å²) in [4.78, 5) is 26.5. The second kappa shape index (κ2) is 6.72. The molecule has 0 aliphatic carbocycles. The predicted molar refractivity (Wildman–Crippen MR) is 105 cm³/mol. The molecular formula is C20H17N3O2S. The van der Waals surface area contributed by atoms with Gasteiger partial charge in [0.1, 0.15) is 16.4 Å². The molecule has 4 rings (SSSR count). The van der Waals surface area contributed by atoms with Crippen molar-refractivity contribution in [2.75, 3.05) is 7.11 Å². The predicted octanol–water partition coefficient (Wildman–Crippen LogP) is 4.28. The van der Waals surface area contributed by atoms with Crippen molar-refractivity contribution < 1.29 is 4.74 Å². The number of H-pyrrole nitrogens is 1. The van der Waals surface area contributed by atoms with E-state index in [9.17, 15) is 4.79 Å². The largest absolute Gasteiger partial charge is 0.497 e. The Morgan fingerprint density at radius 3 is 2.77 bits per heavy atom. The molecule has 0 aliphatic heterocycles. The van der Waals surface area contributed by atoms with Crippen LogP contribution in [0.3, 0.4) is 0 Å². The van der Waals surface area contributed by atoms with Crippen LogP contribution in [0.1, 0.15) is 11.8 Å². The Morgan fingerprint density at radius 2 is 2.04 bits per heavy atom. The molecule has 1 N–H and O–H groups in total. The van der Waals surface area contributed by atoms with E-state index in [-0.39, 0.29) is 5.56 Å². The highest BCUT2D eigenvalue weighted by atomic mass is 32.1. The number of aromatic nitrogens is 3. The number of thiophene rings is 1. The fourth-order valence-electron chi connectivity index (χ4n) is 3.03. The van der Waals surface area contributed by atoms with Crippen LogP contribution in [0.25, 0.3) is 32.7 Å². The van der Waals surface area contributed by atoms with Crippen LogP contribution < -0.4 is 10.3 Å². The van der Waals surface area contributed by atoms with Crippen molar-refractivity contribution in [2.45, 2.75) is 13.3 Å². The van der Waals surface area contributed by atoms with Gasteiger partial charge in [-0.25, -0.2) is 4.98 Å². The molecule has 0 atom stereocenters. The number of nitrogens with one attached hydrogen (secondary N) is 1. The smallest absolute Gasteiger partial charge is 0.260 e. The van der Waals surface area contributed by atoms with Gasteiger partial charge in [0, 0.05) is 28.4 Å². The second-order valence-electron chi connectivity index (χ2n) is 5.82. The van der Waals surface area contributed by atoms with Crippen LogP contribution in [0.4, 0.5) is 0 Å². The van der Waals surface area contributed by atoms with Gasteiger partial charge in [-0.3, -0.25) is 9.78 Å². The average Bonchev–Trinajstić information content (AvgIpc) is 3.08. The Balaban J connectivity index is 1.98. The number of methoxy groups -OCH3 is 1. The summed E-state index contributed by atoms with van der Waals surface area (Å²) in [5.74, 6) is 1.30. The molecule has 5 nitrogen and oxygen atoms in total. The molecule has 0 unspecified atom stereocenters. The van der Waals surface area contributed by atoms with E-state index in [1.165, 1.54) is 0 Å². The summed E-state index contributed by atoms with van der Waals surface area (Å²) in [7, 11) is 1.64. The number of fused-ring (bicyclic) bond motifs is 1. The van der Waals surface area contributed by atoms with Crippen LogP contribution in [0.15, 0.2) is 53.6 Å². The van der Waals surface area contributed by atoms with E-state index in [4.69, 9.17) is 9.72 Å². The first kappa shape index (κ1) is 16.5. The Morgan fingerprint density at radius 1 is 1.19 bits per heavy atom. The molecule has 0 amide bonds. The molecule has 0 bridgehead atoms. The van der Waals surface area contributed by atoms with E-state index in [0.717, 1.165) is 38.6 Å². The highest BCUT2D eigenvalue weighted by Crippen LogP contribution is 2.38. The van der Waals surface area contributed by atoms with E-state index in [2.05, 4.69) is 16.9 Å². The van der Waals surface area contributed by atoms with Gasteiger partial charge in [0.2, 0.25) is 0 Å². The number of hydrogen-bond donors (Lipinski definition) is 1. The fraction of sp³-hybridized carbons (Fsp3) is 0.150. The van der Waals surface area contributed by atoms with Gasteiger partial charge in [0.05, 0.1) is 12.5 Å². The molecule has 26 heavy (non-hydrogen) atoms. The lowest BCUT2D eigenvalue weighted by Crippen LogP contribution is -2.09. The van der Waals surface area contributed by atoms with Gasteiger partial charge in [0.15, 0.2) is 0 Å². The number of aryl methyl sites for hydroxylation is 1. The molecule has 0 saturated heterocycles. The van der Waals surface area contributed by atoms with Crippen LogP contribution in [0, 0.1) is 0 Å². The third-order valence-electron chi connectivity index (χ3n) is 4.25. The van der Waals surface area contributed by atoms with Gasteiger partial charge in [-0.05, 0) is 36.2 Å². The maximum absolute atomic E-state index is 12.9. The van der Waals surface area contributed by atoms with Crippen molar-refractivity contribution >= 4 is 21.6 Å². The fourth-order valence-corrected chi connectivity index (χ4v) is 4.16. The van der Waals surface area contributed by atoms with Crippen LogP contribution >= 0.6 is 11.3 Å². The summed E-state index contributed by atoms with van der Waals surface area (Å²) >= 11 is 1.56. The SMILES string of the molecule is CCc1sc2nc(-c3cccnc3)[nH]c(=O)c2c1-c1cccc(OC)c1. The number of aromatic amines is 1. The van der Waals surface area contributed by atoms with E-state index in [1.807, 2.05) is 36.4 Å². The second-order valence-corrected chi connectivity index (χ2v) is 6.91. The number of benzene rings is 1. The van der Waals surface area contributed by atoms with Crippen molar-refractivity contribution in [2.24, 2.45) is 0 Å². The topological polar surface area (TPSA) is 67.9 Å². The average molecular weight is 363 g/mol. The third-order valence-corrected chi connectivity index (χ3v) is 5.48. The molecule has 3 heterocycles. The first-order valence-electron chi connectivity index (χ1n) is 8.31. The summed E-state index contributed by atoms with van der Waals surface area (Å²) in [6.45, 7) is 2.09. The minimum atomic E-state index is -0.136. The number of rotatable bonds is 4. The molecule has 0 fully saturated rings. The Labute approximate surface area is 154 Å².